The minimum Gasteiger partial charge on any atom is -0.380 e. The summed E-state index contributed by atoms with van der Waals surface area (Å²) in [6.07, 6.45) is 3.54. The van der Waals surface area contributed by atoms with Gasteiger partial charge in [-0.3, -0.25) is 0 Å². The molecule has 0 bridgehead atoms. The highest BCUT2D eigenvalue weighted by atomic mass is 16.5. The van der Waals surface area contributed by atoms with E-state index in [0.29, 0.717) is 12.5 Å². The van der Waals surface area contributed by atoms with Crippen molar-refractivity contribution < 1.29 is 4.74 Å². The van der Waals surface area contributed by atoms with Gasteiger partial charge in [0.25, 0.3) is 0 Å². The van der Waals surface area contributed by atoms with E-state index in [0.717, 1.165) is 38.4 Å². The van der Waals surface area contributed by atoms with Crippen LogP contribution in [0.3, 0.4) is 0 Å². The van der Waals surface area contributed by atoms with Gasteiger partial charge in [-0.05, 0) is 37.6 Å². The first kappa shape index (κ1) is 19.1. The fourth-order valence-electron chi connectivity index (χ4n) is 2.93. The van der Waals surface area contributed by atoms with Crippen LogP contribution >= 0.6 is 0 Å². The van der Waals surface area contributed by atoms with Crippen LogP contribution in [0.2, 0.25) is 0 Å². The van der Waals surface area contributed by atoms with E-state index in [1.54, 1.807) is 0 Å². The number of allylic oxidation sites excluding steroid dienone is 1. The molecule has 1 atom stereocenters. The van der Waals surface area contributed by atoms with E-state index in [2.05, 4.69) is 60.2 Å². The maximum atomic E-state index is 8.93. The second-order valence-electron chi connectivity index (χ2n) is 6.74. The molecule has 0 radical (unpaired) electrons. The number of hydrogen-bond donors (Lipinski definition) is 0. The minimum atomic E-state index is 0.364. The summed E-state index contributed by atoms with van der Waals surface area (Å²) in [5.41, 5.74) is 3.55. The maximum Gasteiger partial charge on any atom is 0.0747 e. The number of anilines is 2. The van der Waals surface area contributed by atoms with Crippen molar-refractivity contribution >= 4 is 11.4 Å². The molecule has 0 amide bonds. The van der Waals surface area contributed by atoms with Gasteiger partial charge in [-0.25, -0.2) is 0 Å². The summed E-state index contributed by atoms with van der Waals surface area (Å²) >= 11 is 0. The van der Waals surface area contributed by atoms with Crippen molar-refractivity contribution in [2.45, 2.75) is 25.8 Å². The van der Waals surface area contributed by atoms with Crippen molar-refractivity contribution in [2.75, 3.05) is 57.2 Å². The van der Waals surface area contributed by atoms with Gasteiger partial charge in [0.2, 0.25) is 0 Å². The molecule has 2 rings (SSSR count). The van der Waals surface area contributed by atoms with Crippen LogP contribution in [0.25, 0.3) is 0 Å². The van der Waals surface area contributed by atoms with Gasteiger partial charge in [-0.1, -0.05) is 6.08 Å². The van der Waals surface area contributed by atoms with Gasteiger partial charge in [0.1, 0.15) is 0 Å². The molecule has 5 heteroatoms. The number of rotatable bonds is 7. The zero-order chi connectivity index (χ0) is 18.2. The second-order valence-corrected chi connectivity index (χ2v) is 6.74. The summed E-state index contributed by atoms with van der Waals surface area (Å²) in [7, 11) is 6.10. The third kappa shape index (κ3) is 5.40. The lowest BCUT2D eigenvalue weighted by molar-refractivity contribution is 0.122. The van der Waals surface area contributed by atoms with Gasteiger partial charge in [0.05, 0.1) is 25.7 Å². The second kappa shape index (κ2) is 9.33. The quantitative estimate of drug-likeness (QED) is 0.762. The summed E-state index contributed by atoms with van der Waals surface area (Å²) < 4.78 is 5.42. The fourth-order valence-corrected chi connectivity index (χ4v) is 2.93. The highest BCUT2D eigenvalue weighted by molar-refractivity contribution is 5.56. The molecule has 1 unspecified atom stereocenters. The van der Waals surface area contributed by atoms with Crippen molar-refractivity contribution in [3.63, 3.8) is 0 Å². The molecule has 1 saturated heterocycles. The summed E-state index contributed by atoms with van der Waals surface area (Å²) in [5, 5.41) is 8.93. The fraction of sp³-hybridized carbons (Fsp3) is 0.550. The monoisotopic (exact) mass is 342 g/mol. The first-order valence-corrected chi connectivity index (χ1v) is 8.92. The first-order valence-electron chi connectivity index (χ1n) is 8.92. The third-order valence-corrected chi connectivity index (χ3v) is 4.82. The SMILES string of the molecule is CC(C/C=C(\CC#N)N(C)C)N(C)c1ccc(N2CCOCC2)cc1. The van der Waals surface area contributed by atoms with Gasteiger partial charge in [0, 0.05) is 57.3 Å². The number of ether oxygens (including phenoxy) is 1. The number of benzene rings is 1. The Bertz CT molecular complexity index is 597. The number of nitrogens with zero attached hydrogens (tertiary/aromatic N) is 4. The molecule has 1 aliphatic rings. The first-order chi connectivity index (χ1) is 12.0. The lowest BCUT2D eigenvalue weighted by atomic mass is 10.1. The van der Waals surface area contributed by atoms with Gasteiger partial charge in [0.15, 0.2) is 0 Å². The van der Waals surface area contributed by atoms with Gasteiger partial charge >= 0.3 is 0 Å². The van der Waals surface area contributed by atoms with Crippen LogP contribution in [0.1, 0.15) is 19.8 Å². The molecule has 0 aliphatic carbocycles. The topological polar surface area (TPSA) is 42.7 Å². The van der Waals surface area contributed by atoms with Crippen LogP contribution < -0.4 is 9.80 Å². The molecule has 0 spiro atoms. The van der Waals surface area contributed by atoms with Gasteiger partial charge < -0.3 is 19.4 Å². The van der Waals surface area contributed by atoms with E-state index < -0.39 is 0 Å². The molecular weight excluding hydrogens is 312 g/mol. The third-order valence-electron chi connectivity index (χ3n) is 4.82. The zero-order valence-corrected chi connectivity index (χ0v) is 15.9. The highest BCUT2D eigenvalue weighted by Gasteiger charge is 2.13. The smallest absolute Gasteiger partial charge is 0.0747 e. The molecule has 1 heterocycles. The van der Waals surface area contributed by atoms with E-state index in [-0.39, 0.29) is 0 Å². The summed E-state index contributed by atoms with van der Waals surface area (Å²) in [6, 6.07) is 11.4. The Morgan fingerprint density at radius 1 is 1.24 bits per heavy atom. The van der Waals surface area contributed by atoms with E-state index >= 15 is 0 Å². The molecule has 0 saturated carbocycles. The van der Waals surface area contributed by atoms with E-state index in [9.17, 15) is 0 Å². The molecule has 25 heavy (non-hydrogen) atoms. The molecule has 1 aromatic rings. The van der Waals surface area contributed by atoms with E-state index in [1.807, 2.05) is 19.0 Å². The normalized spacial score (nSPS) is 16.3. The Morgan fingerprint density at radius 2 is 1.88 bits per heavy atom. The molecule has 1 fully saturated rings. The highest BCUT2D eigenvalue weighted by Crippen LogP contribution is 2.23. The van der Waals surface area contributed by atoms with Crippen molar-refractivity contribution in [1.29, 1.82) is 5.26 Å². The van der Waals surface area contributed by atoms with Gasteiger partial charge in [-0.15, -0.1) is 0 Å². The summed E-state index contributed by atoms with van der Waals surface area (Å²) in [4.78, 5) is 6.68. The zero-order valence-electron chi connectivity index (χ0n) is 15.9. The molecular formula is C20H30N4O. The van der Waals surface area contributed by atoms with Gasteiger partial charge in [-0.2, -0.15) is 5.26 Å². The minimum absolute atomic E-state index is 0.364. The molecule has 1 aromatic carbocycles. The van der Waals surface area contributed by atoms with Crippen LogP contribution in [0.15, 0.2) is 36.0 Å². The van der Waals surface area contributed by atoms with Crippen molar-refractivity contribution in [1.82, 2.24) is 4.90 Å². The average Bonchev–Trinajstić information content (AvgIpc) is 2.65. The number of morpholine rings is 1. The Hall–Kier alpha value is -2.19. The van der Waals surface area contributed by atoms with Crippen LogP contribution in [0.5, 0.6) is 0 Å². The standard InChI is InChI=1S/C20H30N4O/c1-17(5-6-18(11-12-21)22(2)3)23(4)19-7-9-20(10-8-19)24-13-15-25-16-14-24/h6-10,17H,5,11,13-16H2,1-4H3/b18-6+. The molecule has 0 aromatic heterocycles. The van der Waals surface area contributed by atoms with Crippen LogP contribution in [-0.4, -0.2) is 58.4 Å². The van der Waals surface area contributed by atoms with E-state index in [4.69, 9.17) is 10.00 Å². The summed E-state index contributed by atoms with van der Waals surface area (Å²) in [6.45, 7) is 5.75. The largest absolute Gasteiger partial charge is 0.380 e. The predicted molar refractivity (Wildman–Crippen MR) is 104 cm³/mol. The number of nitriles is 1. The average molecular weight is 342 g/mol. The molecule has 0 N–H and O–H groups in total. The number of hydrogen-bond acceptors (Lipinski definition) is 5. The lowest BCUT2D eigenvalue weighted by Gasteiger charge is -2.30. The van der Waals surface area contributed by atoms with Crippen molar-refractivity contribution in [3.05, 3.63) is 36.0 Å². The van der Waals surface area contributed by atoms with E-state index in [1.165, 1.54) is 11.4 Å². The predicted octanol–water partition coefficient (Wildman–Crippen LogP) is 3.10. The Labute approximate surface area is 152 Å². The van der Waals surface area contributed by atoms with Crippen LogP contribution in [0, 0.1) is 11.3 Å². The molecule has 5 nitrogen and oxygen atoms in total. The maximum absolute atomic E-state index is 8.93. The Kier molecular flexibility index (Phi) is 7.15. The lowest BCUT2D eigenvalue weighted by Crippen LogP contribution is -2.36. The Balaban J connectivity index is 1.98. The van der Waals surface area contributed by atoms with Crippen molar-refractivity contribution in [3.8, 4) is 6.07 Å². The van der Waals surface area contributed by atoms with Crippen LogP contribution in [-0.2, 0) is 4.74 Å². The molecule has 1 aliphatic heterocycles. The Morgan fingerprint density at radius 3 is 2.44 bits per heavy atom. The molecule has 136 valence electrons. The van der Waals surface area contributed by atoms with Crippen LogP contribution in [0.4, 0.5) is 11.4 Å². The summed E-state index contributed by atoms with van der Waals surface area (Å²) in [5.74, 6) is 0. The van der Waals surface area contributed by atoms with Crippen molar-refractivity contribution in [2.24, 2.45) is 0 Å².